The molecule has 4 heteroatoms. The molecule has 1 fully saturated rings. The molecule has 3 aromatic rings. The number of aromatic amines is 1. The summed E-state index contributed by atoms with van der Waals surface area (Å²) in [5, 5.41) is 7.94. The summed E-state index contributed by atoms with van der Waals surface area (Å²) in [6, 6.07) is 12.7. The van der Waals surface area contributed by atoms with Gasteiger partial charge in [0.2, 0.25) is 0 Å². The van der Waals surface area contributed by atoms with Gasteiger partial charge < -0.3 is 4.42 Å². The molecule has 2 aromatic heterocycles. The highest BCUT2D eigenvalue weighted by Gasteiger charge is 2.29. The number of hydrogen-bond acceptors (Lipinski definition) is 3. The van der Waals surface area contributed by atoms with Gasteiger partial charge in [-0.25, -0.2) is 0 Å². The third-order valence-corrected chi connectivity index (χ3v) is 5.70. The van der Waals surface area contributed by atoms with E-state index < -0.39 is 0 Å². The molecule has 25 heavy (non-hydrogen) atoms. The van der Waals surface area contributed by atoms with Crippen molar-refractivity contribution in [2.24, 2.45) is 0 Å². The Kier molecular flexibility index (Phi) is 3.71. The van der Waals surface area contributed by atoms with E-state index in [0.717, 1.165) is 37.4 Å². The molecule has 128 valence electrons. The summed E-state index contributed by atoms with van der Waals surface area (Å²) < 4.78 is 5.47. The fourth-order valence-corrected chi connectivity index (χ4v) is 4.00. The van der Waals surface area contributed by atoms with Crippen molar-refractivity contribution < 1.29 is 4.42 Å². The lowest BCUT2D eigenvalue weighted by Gasteiger charge is -2.30. The van der Waals surface area contributed by atoms with Gasteiger partial charge in [-0.05, 0) is 30.5 Å². The van der Waals surface area contributed by atoms with Crippen LogP contribution in [-0.4, -0.2) is 21.6 Å². The summed E-state index contributed by atoms with van der Waals surface area (Å²) in [4.78, 5) is 2.54. The minimum atomic E-state index is 0.701. The van der Waals surface area contributed by atoms with Gasteiger partial charge in [0.15, 0.2) is 0 Å². The first-order valence-electron chi connectivity index (χ1n) is 9.28. The van der Waals surface area contributed by atoms with E-state index in [1.54, 1.807) is 6.26 Å². The quantitative estimate of drug-likeness (QED) is 0.765. The van der Waals surface area contributed by atoms with Crippen molar-refractivity contribution in [3.63, 3.8) is 0 Å². The van der Waals surface area contributed by atoms with Crippen molar-refractivity contribution in [3.05, 3.63) is 65.2 Å². The zero-order chi connectivity index (χ0) is 16.6. The Labute approximate surface area is 147 Å². The number of furan rings is 1. The van der Waals surface area contributed by atoms with Gasteiger partial charge in [-0.1, -0.05) is 30.7 Å². The van der Waals surface area contributed by atoms with Crippen LogP contribution in [0.15, 0.2) is 47.1 Å². The molecule has 1 N–H and O–H groups in total. The van der Waals surface area contributed by atoms with Gasteiger partial charge in [0, 0.05) is 48.8 Å². The predicted molar refractivity (Wildman–Crippen MR) is 97.1 cm³/mol. The highest BCUT2D eigenvalue weighted by atomic mass is 16.3. The molecular formula is C21H23N3O. The number of nitrogens with one attached hydrogen (secondary N) is 1. The molecule has 3 heterocycles. The van der Waals surface area contributed by atoms with Crippen LogP contribution < -0.4 is 0 Å². The molecular weight excluding hydrogens is 310 g/mol. The van der Waals surface area contributed by atoms with Crippen molar-refractivity contribution in [2.75, 3.05) is 6.54 Å². The lowest BCUT2D eigenvalue weighted by molar-refractivity contribution is 0.242. The molecule has 0 bridgehead atoms. The maximum absolute atomic E-state index is 5.47. The minimum Gasteiger partial charge on any atom is -0.464 e. The Morgan fingerprint density at radius 2 is 2.04 bits per heavy atom. The number of benzene rings is 1. The average molecular weight is 333 g/mol. The standard InChI is InChI=1S/C21H23N3O/c1-3-17(4-1)21-18-14-24(11-10-19(18)22-23-21)13-15-6-8-16(9-7-15)20-5-2-12-25-20/h2,5-9,12,17H,1,3-4,10-11,13-14H2,(H,22,23). The predicted octanol–water partition coefficient (Wildman–Crippen LogP) is 4.50. The van der Waals surface area contributed by atoms with Crippen LogP contribution in [0.2, 0.25) is 0 Å². The molecule has 0 spiro atoms. The first-order valence-corrected chi connectivity index (χ1v) is 9.28. The summed E-state index contributed by atoms with van der Waals surface area (Å²) in [5.74, 6) is 1.63. The maximum Gasteiger partial charge on any atom is 0.133 e. The van der Waals surface area contributed by atoms with Gasteiger partial charge in [0.25, 0.3) is 0 Å². The molecule has 1 saturated carbocycles. The number of fused-ring (bicyclic) bond motifs is 1. The number of aromatic nitrogens is 2. The summed E-state index contributed by atoms with van der Waals surface area (Å²) >= 11 is 0. The van der Waals surface area contributed by atoms with Crippen LogP contribution in [0.4, 0.5) is 0 Å². The molecule has 1 aliphatic heterocycles. The second kappa shape index (κ2) is 6.19. The van der Waals surface area contributed by atoms with Crippen molar-refractivity contribution in [2.45, 2.75) is 44.7 Å². The van der Waals surface area contributed by atoms with Gasteiger partial charge >= 0.3 is 0 Å². The Morgan fingerprint density at radius 3 is 2.76 bits per heavy atom. The van der Waals surface area contributed by atoms with E-state index >= 15 is 0 Å². The molecule has 5 rings (SSSR count). The van der Waals surface area contributed by atoms with Crippen LogP contribution in [0.25, 0.3) is 11.3 Å². The van der Waals surface area contributed by atoms with E-state index in [9.17, 15) is 0 Å². The van der Waals surface area contributed by atoms with Gasteiger partial charge in [-0.3, -0.25) is 10.00 Å². The molecule has 4 nitrogen and oxygen atoms in total. The Hall–Kier alpha value is -2.33. The van der Waals surface area contributed by atoms with E-state index in [0.29, 0.717) is 5.92 Å². The van der Waals surface area contributed by atoms with Gasteiger partial charge in [0.1, 0.15) is 5.76 Å². The van der Waals surface area contributed by atoms with Crippen LogP contribution >= 0.6 is 0 Å². The molecule has 0 radical (unpaired) electrons. The summed E-state index contributed by atoms with van der Waals surface area (Å²) in [6.45, 7) is 3.12. The van der Waals surface area contributed by atoms with E-state index in [1.165, 1.54) is 41.8 Å². The fraction of sp³-hybridized carbons (Fsp3) is 0.381. The number of H-pyrrole nitrogens is 1. The second-order valence-corrected chi connectivity index (χ2v) is 7.33. The molecule has 2 aliphatic rings. The SMILES string of the molecule is c1coc(-c2ccc(CN3CCc4[nH]nc(C5CCC5)c4C3)cc2)c1. The normalized spacial score (nSPS) is 18.1. The van der Waals surface area contributed by atoms with E-state index in [2.05, 4.69) is 39.4 Å². The number of hydrogen-bond donors (Lipinski definition) is 1. The van der Waals surface area contributed by atoms with E-state index in [1.807, 2.05) is 12.1 Å². The Balaban J connectivity index is 1.30. The summed E-state index contributed by atoms with van der Waals surface area (Å²) in [6.07, 6.45) is 6.79. The second-order valence-electron chi connectivity index (χ2n) is 7.33. The van der Waals surface area contributed by atoms with Crippen LogP contribution in [0.3, 0.4) is 0 Å². The van der Waals surface area contributed by atoms with Crippen LogP contribution in [0.1, 0.15) is 47.7 Å². The molecule has 0 atom stereocenters. The van der Waals surface area contributed by atoms with Crippen molar-refractivity contribution in [3.8, 4) is 11.3 Å². The monoisotopic (exact) mass is 333 g/mol. The minimum absolute atomic E-state index is 0.701. The van der Waals surface area contributed by atoms with Crippen LogP contribution in [0, 0.1) is 0 Å². The topological polar surface area (TPSA) is 45.1 Å². The maximum atomic E-state index is 5.47. The molecule has 1 aliphatic carbocycles. The Morgan fingerprint density at radius 1 is 1.16 bits per heavy atom. The van der Waals surface area contributed by atoms with Crippen molar-refractivity contribution in [1.82, 2.24) is 15.1 Å². The smallest absolute Gasteiger partial charge is 0.133 e. The van der Waals surface area contributed by atoms with Crippen molar-refractivity contribution in [1.29, 1.82) is 0 Å². The van der Waals surface area contributed by atoms with Gasteiger partial charge in [0.05, 0.1) is 12.0 Å². The first kappa shape index (κ1) is 15.0. The van der Waals surface area contributed by atoms with Crippen LogP contribution in [-0.2, 0) is 19.5 Å². The van der Waals surface area contributed by atoms with Crippen molar-refractivity contribution >= 4 is 0 Å². The lowest BCUT2D eigenvalue weighted by Crippen LogP contribution is -2.30. The number of rotatable bonds is 4. The molecule has 0 unspecified atom stereocenters. The van der Waals surface area contributed by atoms with E-state index in [-0.39, 0.29) is 0 Å². The summed E-state index contributed by atoms with van der Waals surface area (Å²) in [5.41, 5.74) is 6.68. The zero-order valence-electron chi connectivity index (χ0n) is 14.4. The Bertz CT molecular complexity index is 844. The lowest BCUT2D eigenvalue weighted by atomic mass is 9.81. The van der Waals surface area contributed by atoms with Crippen LogP contribution in [0.5, 0.6) is 0 Å². The molecule has 1 aromatic carbocycles. The highest BCUT2D eigenvalue weighted by Crippen LogP contribution is 2.39. The number of nitrogens with zero attached hydrogens (tertiary/aromatic N) is 2. The summed E-state index contributed by atoms with van der Waals surface area (Å²) in [7, 11) is 0. The highest BCUT2D eigenvalue weighted by molar-refractivity contribution is 5.57. The molecule has 0 amide bonds. The third kappa shape index (κ3) is 2.81. The van der Waals surface area contributed by atoms with E-state index in [4.69, 9.17) is 4.42 Å². The third-order valence-electron chi connectivity index (χ3n) is 5.70. The molecule has 0 saturated heterocycles. The zero-order valence-corrected chi connectivity index (χ0v) is 14.4. The first-order chi connectivity index (χ1) is 12.4. The van der Waals surface area contributed by atoms with Gasteiger partial charge in [-0.15, -0.1) is 0 Å². The van der Waals surface area contributed by atoms with Gasteiger partial charge in [-0.2, -0.15) is 5.10 Å². The fourth-order valence-electron chi connectivity index (χ4n) is 4.00. The largest absolute Gasteiger partial charge is 0.464 e. The average Bonchev–Trinajstić information content (AvgIpc) is 3.25.